The molecule has 0 aliphatic heterocycles. The first-order valence-electron chi connectivity index (χ1n) is 4.35. The number of rotatable bonds is 3. The Balaban J connectivity index is 2.59. The van der Waals surface area contributed by atoms with Crippen molar-refractivity contribution in [2.24, 2.45) is 11.7 Å². The van der Waals surface area contributed by atoms with Gasteiger partial charge in [-0.15, -0.1) is 0 Å². The van der Waals surface area contributed by atoms with E-state index in [1.54, 1.807) is 6.20 Å². The molecule has 0 aliphatic rings. The first-order valence-corrected chi connectivity index (χ1v) is 4.35. The molecule has 0 radical (unpaired) electrons. The summed E-state index contributed by atoms with van der Waals surface area (Å²) in [6.07, 6.45) is 4.63. The van der Waals surface area contributed by atoms with Crippen LogP contribution in [0.15, 0.2) is 24.5 Å². The van der Waals surface area contributed by atoms with E-state index in [1.807, 2.05) is 18.3 Å². The molecule has 0 aromatic carbocycles. The van der Waals surface area contributed by atoms with Crippen LogP contribution in [0.2, 0.25) is 0 Å². The molecule has 1 aromatic rings. The summed E-state index contributed by atoms with van der Waals surface area (Å²) in [6.45, 7) is 4.35. The summed E-state index contributed by atoms with van der Waals surface area (Å²) >= 11 is 0. The molecular formula is C10H16N2. The van der Waals surface area contributed by atoms with E-state index in [2.05, 4.69) is 18.8 Å². The van der Waals surface area contributed by atoms with Crippen LogP contribution in [0, 0.1) is 5.92 Å². The largest absolute Gasteiger partial charge is 0.324 e. The Morgan fingerprint density at radius 2 is 2.25 bits per heavy atom. The molecule has 2 nitrogen and oxygen atoms in total. The maximum absolute atomic E-state index is 5.96. The van der Waals surface area contributed by atoms with Crippen molar-refractivity contribution in [2.75, 3.05) is 0 Å². The third kappa shape index (κ3) is 2.62. The molecule has 66 valence electrons. The molecule has 0 aliphatic carbocycles. The minimum absolute atomic E-state index is 0.138. The van der Waals surface area contributed by atoms with Gasteiger partial charge in [-0.05, 0) is 24.0 Å². The Morgan fingerprint density at radius 3 is 2.75 bits per heavy atom. The highest BCUT2D eigenvalue weighted by atomic mass is 14.7. The molecule has 0 fully saturated rings. The number of hydrogen-bond donors (Lipinski definition) is 1. The van der Waals surface area contributed by atoms with Crippen LogP contribution >= 0.6 is 0 Å². The summed E-state index contributed by atoms with van der Waals surface area (Å²) in [5.41, 5.74) is 7.09. The van der Waals surface area contributed by atoms with Gasteiger partial charge in [-0.3, -0.25) is 4.98 Å². The molecule has 1 aromatic heterocycles. The second-order valence-electron chi connectivity index (χ2n) is 3.52. The first-order chi connectivity index (χ1) is 5.70. The minimum atomic E-state index is 0.138. The highest BCUT2D eigenvalue weighted by Gasteiger charge is 2.06. The monoisotopic (exact) mass is 164 g/mol. The van der Waals surface area contributed by atoms with Crippen LogP contribution < -0.4 is 5.73 Å². The van der Waals surface area contributed by atoms with Gasteiger partial charge in [0.1, 0.15) is 0 Å². The normalized spacial score (nSPS) is 13.3. The highest BCUT2D eigenvalue weighted by Crippen LogP contribution is 2.16. The SMILES string of the molecule is CC(C)C[C@H](N)c1cccnc1. The molecule has 1 rings (SSSR count). The van der Waals surface area contributed by atoms with Crippen molar-refractivity contribution in [1.82, 2.24) is 4.98 Å². The number of hydrogen-bond acceptors (Lipinski definition) is 2. The molecule has 1 atom stereocenters. The summed E-state index contributed by atoms with van der Waals surface area (Å²) in [4.78, 5) is 4.03. The van der Waals surface area contributed by atoms with Gasteiger partial charge in [-0.25, -0.2) is 0 Å². The Hall–Kier alpha value is -0.890. The van der Waals surface area contributed by atoms with Crippen LogP contribution in [0.1, 0.15) is 31.9 Å². The van der Waals surface area contributed by atoms with Gasteiger partial charge in [0.25, 0.3) is 0 Å². The zero-order chi connectivity index (χ0) is 8.97. The molecular weight excluding hydrogens is 148 g/mol. The lowest BCUT2D eigenvalue weighted by Crippen LogP contribution is -2.12. The summed E-state index contributed by atoms with van der Waals surface area (Å²) in [5, 5.41) is 0. The topological polar surface area (TPSA) is 38.9 Å². The quantitative estimate of drug-likeness (QED) is 0.743. The van der Waals surface area contributed by atoms with E-state index in [4.69, 9.17) is 5.73 Å². The molecule has 2 heteroatoms. The molecule has 0 saturated carbocycles. The second kappa shape index (κ2) is 4.21. The summed E-state index contributed by atoms with van der Waals surface area (Å²) in [7, 11) is 0. The van der Waals surface area contributed by atoms with E-state index < -0.39 is 0 Å². The van der Waals surface area contributed by atoms with E-state index in [1.165, 1.54) is 0 Å². The Labute approximate surface area is 73.8 Å². The molecule has 0 unspecified atom stereocenters. The van der Waals surface area contributed by atoms with Crippen molar-refractivity contribution in [3.8, 4) is 0 Å². The summed E-state index contributed by atoms with van der Waals surface area (Å²) in [6, 6.07) is 4.09. The average Bonchev–Trinajstić information content (AvgIpc) is 2.05. The van der Waals surface area contributed by atoms with Gasteiger partial charge < -0.3 is 5.73 Å². The van der Waals surface area contributed by atoms with Crippen LogP contribution in [-0.2, 0) is 0 Å². The van der Waals surface area contributed by atoms with E-state index in [9.17, 15) is 0 Å². The molecule has 12 heavy (non-hydrogen) atoms. The van der Waals surface area contributed by atoms with Crippen LogP contribution in [0.4, 0.5) is 0 Å². The fraction of sp³-hybridized carbons (Fsp3) is 0.500. The molecule has 1 heterocycles. The Bertz CT molecular complexity index is 219. The predicted molar refractivity (Wildman–Crippen MR) is 50.6 cm³/mol. The van der Waals surface area contributed by atoms with Crippen molar-refractivity contribution < 1.29 is 0 Å². The first kappa shape index (κ1) is 9.20. The lowest BCUT2D eigenvalue weighted by molar-refractivity contribution is 0.509. The number of pyridine rings is 1. The van der Waals surface area contributed by atoms with Gasteiger partial charge in [0.15, 0.2) is 0 Å². The fourth-order valence-electron chi connectivity index (χ4n) is 1.24. The zero-order valence-electron chi connectivity index (χ0n) is 7.70. The fourth-order valence-corrected chi connectivity index (χ4v) is 1.24. The van der Waals surface area contributed by atoms with Crippen molar-refractivity contribution >= 4 is 0 Å². The second-order valence-corrected chi connectivity index (χ2v) is 3.52. The van der Waals surface area contributed by atoms with Gasteiger partial charge in [0.05, 0.1) is 0 Å². The number of nitrogens with zero attached hydrogens (tertiary/aromatic N) is 1. The third-order valence-electron chi connectivity index (χ3n) is 1.84. The number of nitrogens with two attached hydrogens (primary N) is 1. The standard InChI is InChI=1S/C10H16N2/c1-8(2)6-10(11)9-4-3-5-12-7-9/h3-5,7-8,10H,6,11H2,1-2H3/t10-/m0/s1. The van der Waals surface area contributed by atoms with Crippen LogP contribution in [0.5, 0.6) is 0 Å². The molecule has 0 amide bonds. The molecule has 0 spiro atoms. The van der Waals surface area contributed by atoms with Gasteiger partial charge in [-0.1, -0.05) is 19.9 Å². The van der Waals surface area contributed by atoms with E-state index in [-0.39, 0.29) is 6.04 Å². The highest BCUT2D eigenvalue weighted by molar-refractivity contribution is 5.12. The van der Waals surface area contributed by atoms with Crippen molar-refractivity contribution in [3.63, 3.8) is 0 Å². The van der Waals surface area contributed by atoms with E-state index in [0.717, 1.165) is 12.0 Å². The Morgan fingerprint density at radius 1 is 1.50 bits per heavy atom. The van der Waals surface area contributed by atoms with Gasteiger partial charge in [0.2, 0.25) is 0 Å². The van der Waals surface area contributed by atoms with Crippen LogP contribution in [0.3, 0.4) is 0 Å². The van der Waals surface area contributed by atoms with Crippen molar-refractivity contribution in [3.05, 3.63) is 30.1 Å². The van der Waals surface area contributed by atoms with Crippen molar-refractivity contribution in [2.45, 2.75) is 26.3 Å². The Kier molecular flexibility index (Phi) is 3.23. The van der Waals surface area contributed by atoms with E-state index >= 15 is 0 Å². The van der Waals surface area contributed by atoms with Gasteiger partial charge >= 0.3 is 0 Å². The summed E-state index contributed by atoms with van der Waals surface area (Å²) in [5.74, 6) is 0.639. The smallest absolute Gasteiger partial charge is 0.0315 e. The predicted octanol–water partition coefficient (Wildman–Crippen LogP) is 2.13. The lowest BCUT2D eigenvalue weighted by Gasteiger charge is -2.13. The minimum Gasteiger partial charge on any atom is -0.324 e. The van der Waals surface area contributed by atoms with Gasteiger partial charge in [-0.2, -0.15) is 0 Å². The lowest BCUT2D eigenvalue weighted by atomic mass is 9.99. The zero-order valence-corrected chi connectivity index (χ0v) is 7.70. The van der Waals surface area contributed by atoms with Gasteiger partial charge in [0, 0.05) is 18.4 Å². The van der Waals surface area contributed by atoms with Crippen molar-refractivity contribution in [1.29, 1.82) is 0 Å². The molecule has 2 N–H and O–H groups in total. The summed E-state index contributed by atoms with van der Waals surface area (Å²) < 4.78 is 0. The number of aromatic nitrogens is 1. The maximum Gasteiger partial charge on any atom is 0.0315 e. The van der Waals surface area contributed by atoms with Crippen LogP contribution in [0.25, 0.3) is 0 Å². The maximum atomic E-state index is 5.96. The average molecular weight is 164 g/mol. The molecule has 0 saturated heterocycles. The molecule has 0 bridgehead atoms. The van der Waals surface area contributed by atoms with Crippen LogP contribution in [-0.4, -0.2) is 4.98 Å². The van der Waals surface area contributed by atoms with E-state index in [0.29, 0.717) is 5.92 Å². The third-order valence-corrected chi connectivity index (χ3v) is 1.84.